The van der Waals surface area contributed by atoms with Gasteiger partial charge in [-0.25, -0.2) is 0 Å². The quantitative estimate of drug-likeness (QED) is 0.448. The predicted octanol–water partition coefficient (Wildman–Crippen LogP) is 5.11. The maximum Gasteiger partial charge on any atom is 0.227 e. The summed E-state index contributed by atoms with van der Waals surface area (Å²) < 4.78 is 13.5. The number of ether oxygens (including phenoxy) is 2. The predicted molar refractivity (Wildman–Crippen MR) is 148 cm³/mol. The van der Waals surface area contributed by atoms with E-state index in [0.29, 0.717) is 18.4 Å². The lowest BCUT2D eigenvalue weighted by Gasteiger charge is -2.57. The van der Waals surface area contributed by atoms with E-state index in [9.17, 15) is 9.90 Å². The highest BCUT2D eigenvalue weighted by atomic mass is 16.5. The molecule has 8 atom stereocenters. The minimum absolute atomic E-state index is 0.0671. The number of nitrogens with zero attached hydrogens (tertiary/aromatic N) is 2. The number of amides is 1. The van der Waals surface area contributed by atoms with Gasteiger partial charge in [0, 0.05) is 19.6 Å². The molecule has 208 valence electrons. The largest absolute Gasteiger partial charge is 0.388 e. The Morgan fingerprint density at radius 1 is 0.842 bits per heavy atom. The lowest BCUT2D eigenvalue weighted by Crippen LogP contribution is -2.66. The topological polar surface area (TPSA) is 62.2 Å². The Balaban J connectivity index is 1.25. The second kappa shape index (κ2) is 11.8. The van der Waals surface area contributed by atoms with E-state index in [1.165, 1.54) is 25.7 Å². The van der Waals surface area contributed by atoms with Crippen LogP contribution in [0.5, 0.6) is 0 Å². The summed E-state index contributed by atoms with van der Waals surface area (Å²) in [5.41, 5.74) is -0.488. The van der Waals surface area contributed by atoms with Crippen LogP contribution in [0.1, 0.15) is 77.0 Å². The van der Waals surface area contributed by atoms with Crippen molar-refractivity contribution in [3.8, 4) is 0 Å². The number of fused-ring (bicyclic) bond motifs is 2. The second-order valence-corrected chi connectivity index (χ2v) is 12.4. The van der Waals surface area contributed by atoms with Gasteiger partial charge in [-0.05, 0) is 69.6 Å². The molecule has 5 heterocycles. The molecule has 1 N–H and O–H groups in total. The molecule has 6 rings (SSSR count). The number of hydrogen-bond donors (Lipinski definition) is 1. The van der Waals surface area contributed by atoms with Crippen LogP contribution in [0.3, 0.4) is 0 Å². The fourth-order valence-corrected chi connectivity index (χ4v) is 8.17. The van der Waals surface area contributed by atoms with Crippen molar-refractivity contribution in [1.82, 2.24) is 9.80 Å². The van der Waals surface area contributed by atoms with Crippen molar-refractivity contribution in [1.29, 1.82) is 0 Å². The Kier molecular flexibility index (Phi) is 8.22. The zero-order valence-corrected chi connectivity index (χ0v) is 22.8. The smallest absolute Gasteiger partial charge is 0.227 e. The van der Waals surface area contributed by atoms with Crippen molar-refractivity contribution in [2.75, 3.05) is 19.6 Å². The Hall–Kier alpha value is -1.73. The molecule has 4 bridgehead atoms. The van der Waals surface area contributed by atoms with Crippen LogP contribution in [0, 0.1) is 17.3 Å². The average molecular weight is 523 g/mol. The molecule has 38 heavy (non-hydrogen) atoms. The van der Waals surface area contributed by atoms with E-state index in [2.05, 4.69) is 47.4 Å². The number of hydrogen-bond acceptors (Lipinski definition) is 5. The van der Waals surface area contributed by atoms with E-state index in [1.807, 2.05) is 11.0 Å². The molecule has 1 amide bonds. The molecule has 1 spiro atoms. The van der Waals surface area contributed by atoms with Gasteiger partial charge in [-0.15, -0.1) is 0 Å². The van der Waals surface area contributed by atoms with Gasteiger partial charge in [0.2, 0.25) is 5.91 Å². The first-order chi connectivity index (χ1) is 18.6. The Morgan fingerprint density at radius 3 is 2.63 bits per heavy atom. The summed E-state index contributed by atoms with van der Waals surface area (Å²) in [6.45, 7) is 2.79. The molecular weight excluding hydrogens is 476 g/mol. The number of carbonyl (C=O) groups excluding carboxylic acids is 1. The first-order valence-electron chi connectivity index (χ1n) is 15.3. The molecule has 0 saturated carbocycles. The fourth-order valence-electron chi connectivity index (χ4n) is 8.17. The Morgan fingerprint density at radius 2 is 1.71 bits per heavy atom. The highest BCUT2D eigenvalue weighted by Crippen LogP contribution is 2.52. The number of carbonyl (C=O) groups is 1. The molecular formula is C32H46N2O4. The van der Waals surface area contributed by atoms with E-state index in [4.69, 9.17) is 9.47 Å². The summed E-state index contributed by atoms with van der Waals surface area (Å²) in [5, 5.41) is 11.4. The van der Waals surface area contributed by atoms with Crippen molar-refractivity contribution in [3.63, 3.8) is 0 Å². The monoisotopic (exact) mass is 522 g/mol. The van der Waals surface area contributed by atoms with Crippen LogP contribution in [0.2, 0.25) is 0 Å². The van der Waals surface area contributed by atoms with Crippen LogP contribution >= 0.6 is 0 Å². The van der Waals surface area contributed by atoms with Gasteiger partial charge < -0.3 is 19.5 Å². The molecule has 0 aromatic heterocycles. The minimum Gasteiger partial charge on any atom is -0.388 e. The molecule has 0 radical (unpaired) electrons. The standard InChI is InChI=1S/C32H46N2O4/c35-28-16-8-13-25-12-4-2-1-3-7-20-33-21-9-11-24-17-18-26(37-30(24)33)14-5-6-15-27-23-29(36)34-22-10-19-32(25,28)31(34)38-27/h1-4,7-8,12,16,24-28,30-31,35H,5-6,9-11,13-15,17-23H2/b2-1-,7-3+,12-4-/t24-,25+,26+,27-,28-,30?,31+,32+/m1/s1. The van der Waals surface area contributed by atoms with Crippen LogP contribution in [0.4, 0.5) is 0 Å². The van der Waals surface area contributed by atoms with Crippen LogP contribution in [-0.2, 0) is 14.3 Å². The lowest BCUT2D eigenvalue weighted by atomic mass is 9.61. The van der Waals surface area contributed by atoms with Crippen LogP contribution in [0.15, 0.2) is 48.6 Å². The number of aliphatic hydroxyl groups is 1. The average Bonchev–Trinajstić information content (AvgIpc) is 2.93. The normalized spacial score (nSPS) is 45.0. The fraction of sp³-hybridized carbons (Fsp3) is 0.719. The summed E-state index contributed by atoms with van der Waals surface area (Å²) >= 11 is 0. The van der Waals surface area contributed by atoms with Crippen molar-refractivity contribution in [3.05, 3.63) is 48.6 Å². The molecule has 4 fully saturated rings. The molecule has 6 nitrogen and oxygen atoms in total. The van der Waals surface area contributed by atoms with Gasteiger partial charge in [0.05, 0.1) is 30.1 Å². The minimum atomic E-state index is -0.614. The second-order valence-electron chi connectivity index (χ2n) is 12.4. The van der Waals surface area contributed by atoms with Gasteiger partial charge in [-0.2, -0.15) is 0 Å². The number of aliphatic hydroxyl groups excluding tert-OH is 1. The Labute approximate surface area is 228 Å². The Bertz CT molecular complexity index is 959. The maximum atomic E-state index is 13.3. The van der Waals surface area contributed by atoms with Crippen LogP contribution in [-0.4, -0.2) is 71.2 Å². The van der Waals surface area contributed by atoms with Gasteiger partial charge in [-0.3, -0.25) is 9.69 Å². The van der Waals surface area contributed by atoms with E-state index >= 15 is 0 Å². The highest BCUT2D eigenvalue weighted by Gasteiger charge is 2.57. The third kappa shape index (κ3) is 5.22. The van der Waals surface area contributed by atoms with E-state index in [0.717, 1.165) is 64.6 Å². The molecule has 1 aliphatic carbocycles. The van der Waals surface area contributed by atoms with Crippen molar-refractivity contribution in [2.24, 2.45) is 17.3 Å². The zero-order valence-electron chi connectivity index (χ0n) is 22.8. The van der Waals surface area contributed by atoms with Crippen LogP contribution < -0.4 is 0 Å². The van der Waals surface area contributed by atoms with E-state index in [-0.39, 0.29) is 30.4 Å². The molecule has 6 heteroatoms. The van der Waals surface area contributed by atoms with E-state index < -0.39 is 11.5 Å². The van der Waals surface area contributed by atoms with Gasteiger partial charge in [0.1, 0.15) is 12.5 Å². The van der Waals surface area contributed by atoms with Crippen molar-refractivity contribution >= 4 is 5.91 Å². The lowest BCUT2D eigenvalue weighted by molar-refractivity contribution is -0.241. The third-order valence-corrected chi connectivity index (χ3v) is 10.2. The van der Waals surface area contributed by atoms with Crippen molar-refractivity contribution < 1.29 is 19.4 Å². The number of piperidine rings is 2. The van der Waals surface area contributed by atoms with Gasteiger partial charge >= 0.3 is 0 Å². The molecule has 6 aliphatic rings. The zero-order chi connectivity index (χ0) is 26.0. The van der Waals surface area contributed by atoms with Crippen molar-refractivity contribution in [2.45, 2.75) is 108 Å². The van der Waals surface area contributed by atoms with Gasteiger partial charge in [0.25, 0.3) is 0 Å². The number of rotatable bonds is 0. The molecule has 5 aliphatic heterocycles. The summed E-state index contributed by atoms with van der Waals surface area (Å²) in [5.74, 6) is 0.994. The molecule has 1 unspecified atom stereocenters. The van der Waals surface area contributed by atoms with E-state index in [1.54, 1.807) is 0 Å². The first kappa shape index (κ1) is 26.5. The first-order valence-corrected chi connectivity index (χ1v) is 15.3. The summed E-state index contributed by atoms with van der Waals surface area (Å²) in [7, 11) is 0. The summed E-state index contributed by atoms with van der Waals surface area (Å²) in [6.07, 6.45) is 28.8. The number of allylic oxidation sites excluding steroid dienone is 6. The maximum absolute atomic E-state index is 13.3. The molecule has 4 saturated heterocycles. The van der Waals surface area contributed by atoms with Gasteiger partial charge in [-0.1, -0.05) is 61.4 Å². The SMILES string of the molecule is O=C1C[C@H]2CCCC[C@H]3CC[C@H]4CCCN(C/C=C/C=C\C=C/[C@H]5CC=C[C@@H](O)[C@]56CCCN1[C@H]6O2)C4O3. The van der Waals surface area contributed by atoms with Crippen LogP contribution in [0.25, 0.3) is 0 Å². The molecule has 0 aromatic rings. The third-order valence-electron chi connectivity index (χ3n) is 10.2. The summed E-state index contributed by atoms with van der Waals surface area (Å²) in [4.78, 5) is 17.8. The van der Waals surface area contributed by atoms with Gasteiger partial charge in [0.15, 0.2) is 0 Å². The summed E-state index contributed by atoms with van der Waals surface area (Å²) in [6, 6.07) is 0. The molecule has 0 aromatic carbocycles. The highest BCUT2D eigenvalue weighted by molar-refractivity contribution is 5.78.